The monoisotopic (exact) mass is 420 g/mol. The molecule has 2 aromatic carbocycles. The Bertz CT molecular complexity index is 719. The van der Waals surface area contributed by atoms with Crippen LogP contribution in [-0.2, 0) is 16.1 Å². The lowest BCUT2D eigenvalue weighted by Gasteiger charge is -2.36. The molecule has 0 unspecified atom stereocenters. The number of esters is 1. The number of hydrogen-bond donors (Lipinski definition) is 2. The maximum absolute atomic E-state index is 12.2. The first-order chi connectivity index (χ1) is 12.5. The van der Waals surface area contributed by atoms with E-state index in [2.05, 4.69) is 15.9 Å². The summed E-state index contributed by atoms with van der Waals surface area (Å²) in [6, 6.07) is 16.4. The maximum Gasteiger partial charge on any atom is 0.338 e. The van der Waals surface area contributed by atoms with Crippen molar-refractivity contribution in [1.29, 1.82) is 0 Å². The molecule has 0 bridgehead atoms. The van der Waals surface area contributed by atoms with Crippen LogP contribution in [0.2, 0.25) is 0 Å². The summed E-state index contributed by atoms with van der Waals surface area (Å²) in [5, 5.41) is 20.7. The minimum absolute atomic E-state index is 0.360. The van der Waals surface area contributed by atoms with E-state index >= 15 is 0 Å². The smallest absolute Gasteiger partial charge is 0.338 e. The Balaban J connectivity index is 1.54. The highest BCUT2D eigenvalue weighted by molar-refractivity contribution is 9.10. The number of ether oxygens (including phenoxy) is 2. The highest BCUT2D eigenvalue weighted by atomic mass is 79.9. The SMILES string of the molecule is O=C(O[C@@H]1CC[C@@H](OCc2ccccc2)[C@@H](O)[C@H]1O)c1ccc(Br)cc1. The van der Waals surface area contributed by atoms with Gasteiger partial charge in [0.25, 0.3) is 0 Å². The predicted molar refractivity (Wildman–Crippen MR) is 99.6 cm³/mol. The fourth-order valence-electron chi connectivity index (χ4n) is 2.99. The molecule has 0 heterocycles. The van der Waals surface area contributed by atoms with Crippen LogP contribution in [0.5, 0.6) is 0 Å². The normalized spacial score (nSPS) is 25.7. The first-order valence-corrected chi connectivity index (χ1v) is 9.32. The van der Waals surface area contributed by atoms with Crippen molar-refractivity contribution in [1.82, 2.24) is 0 Å². The Morgan fingerprint density at radius 2 is 1.58 bits per heavy atom. The fraction of sp³-hybridized carbons (Fsp3) is 0.350. The standard InChI is InChI=1S/C20H21BrO5/c21-15-8-6-14(7-9-15)20(24)26-17-11-10-16(18(22)19(17)23)25-12-13-4-2-1-3-5-13/h1-9,16-19,22-23H,10-12H2/t16-,17-,18-,19+/m1/s1. The zero-order valence-electron chi connectivity index (χ0n) is 14.1. The Kier molecular flexibility index (Phi) is 6.43. The number of aliphatic hydroxyl groups excluding tert-OH is 2. The van der Waals surface area contributed by atoms with Crippen LogP contribution in [0.15, 0.2) is 59.1 Å². The van der Waals surface area contributed by atoms with Crippen molar-refractivity contribution in [3.05, 3.63) is 70.2 Å². The summed E-state index contributed by atoms with van der Waals surface area (Å²) < 4.78 is 12.0. The second-order valence-corrected chi connectivity index (χ2v) is 7.26. The highest BCUT2D eigenvalue weighted by Gasteiger charge is 2.40. The van der Waals surface area contributed by atoms with Crippen molar-refractivity contribution in [2.75, 3.05) is 0 Å². The van der Waals surface area contributed by atoms with Gasteiger partial charge < -0.3 is 19.7 Å². The zero-order chi connectivity index (χ0) is 18.5. The Morgan fingerprint density at radius 3 is 2.27 bits per heavy atom. The average molecular weight is 421 g/mol. The van der Waals surface area contributed by atoms with Gasteiger partial charge in [-0.25, -0.2) is 4.79 Å². The first kappa shape index (κ1) is 19.0. The van der Waals surface area contributed by atoms with Crippen LogP contribution < -0.4 is 0 Å². The Labute approximate surface area is 160 Å². The highest BCUT2D eigenvalue weighted by Crippen LogP contribution is 2.26. The topological polar surface area (TPSA) is 76.0 Å². The minimum Gasteiger partial charge on any atom is -0.456 e. The van der Waals surface area contributed by atoms with Gasteiger partial charge >= 0.3 is 5.97 Å². The number of aliphatic hydroxyl groups is 2. The largest absolute Gasteiger partial charge is 0.456 e. The number of benzene rings is 2. The molecule has 3 rings (SSSR count). The lowest BCUT2D eigenvalue weighted by atomic mass is 9.89. The molecule has 1 aliphatic rings. The van der Waals surface area contributed by atoms with E-state index in [0.29, 0.717) is 25.0 Å². The molecule has 138 valence electrons. The number of halogens is 1. The van der Waals surface area contributed by atoms with Crippen LogP contribution in [0.4, 0.5) is 0 Å². The summed E-state index contributed by atoms with van der Waals surface area (Å²) in [4.78, 5) is 12.2. The van der Waals surface area contributed by atoms with Gasteiger partial charge in [0.2, 0.25) is 0 Å². The van der Waals surface area contributed by atoms with Crippen LogP contribution in [0.1, 0.15) is 28.8 Å². The van der Waals surface area contributed by atoms with Crippen molar-refractivity contribution in [2.45, 2.75) is 43.9 Å². The first-order valence-electron chi connectivity index (χ1n) is 8.53. The second-order valence-electron chi connectivity index (χ2n) is 6.34. The van der Waals surface area contributed by atoms with Crippen molar-refractivity contribution in [3.63, 3.8) is 0 Å². The maximum atomic E-state index is 12.2. The van der Waals surface area contributed by atoms with E-state index < -0.39 is 30.4 Å². The zero-order valence-corrected chi connectivity index (χ0v) is 15.7. The van der Waals surface area contributed by atoms with E-state index in [1.54, 1.807) is 24.3 Å². The summed E-state index contributed by atoms with van der Waals surface area (Å²) in [7, 11) is 0. The lowest BCUT2D eigenvalue weighted by Crippen LogP contribution is -2.51. The number of carbonyl (C=O) groups excluding carboxylic acids is 1. The molecule has 1 fully saturated rings. The summed E-state index contributed by atoms with van der Waals surface area (Å²) >= 11 is 3.31. The number of carbonyl (C=O) groups is 1. The molecule has 2 aromatic rings. The molecule has 4 atom stereocenters. The third-order valence-electron chi connectivity index (χ3n) is 4.49. The molecule has 1 saturated carbocycles. The molecular formula is C20H21BrO5. The average Bonchev–Trinajstić information content (AvgIpc) is 2.66. The van der Waals surface area contributed by atoms with Crippen molar-refractivity contribution < 1.29 is 24.5 Å². The van der Waals surface area contributed by atoms with E-state index in [4.69, 9.17) is 9.47 Å². The predicted octanol–water partition coefficient (Wildman–Crippen LogP) is 3.08. The molecule has 26 heavy (non-hydrogen) atoms. The van der Waals surface area contributed by atoms with Crippen LogP contribution in [0.25, 0.3) is 0 Å². The molecule has 0 aromatic heterocycles. The molecule has 5 nitrogen and oxygen atoms in total. The number of hydrogen-bond acceptors (Lipinski definition) is 5. The molecular weight excluding hydrogens is 400 g/mol. The van der Waals surface area contributed by atoms with E-state index in [-0.39, 0.29) is 0 Å². The van der Waals surface area contributed by atoms with Gasteiger partial charge in [-0.05, 0) is 42.7 Å². The summed E-state index contributed by atoms with van der Waals surface area (Å²) in [6.07, 6.45) is -2.59. The minimum atomic E-state index is -1.18. The van der Waals surface area contributed by atoms with E-state index in [1.807, 2.05) is 30.3 Å². The van der Waals surface area contributed by atoms with Crippen LogP contribution in [-0.4, -0.2) is 40.6 Å². The fourth-order valence-corrected chi connectivity index (χ4v) is 3.25. The van der Waals surface area contributed by atoms with Gasteiger partial charge in [-0.3, -0.25) is 0 Å². The third kappa shape index (κ3) is 4.71. The molecule has 6 heteroatoms. The van der Waals surface area contributed by atoms with Gasteiger partial charge in [-0.2, -0.15) is 0 Å². The Morgan fingerprint density at radius 1 is 0.962 bits per heavy atom. The Hall–Kier alpha value is -1.73. The molecule has 0 saturated heterocycles. The van der Waals surface area contributed by atoms with Crippen molar-refractivity contribution in [2.24, 2.45) is 0 Å². The van der Waals surface area contributed by atoms with Gasteiger partial charge in [0.05, 0.1) is 18.3 Å². The van der Waals surface area contributed by atoms with E-state index in [9.17, 15) is 15.0 Å². The van der Waals surface area contributed by atoms with Crippen LogP contribution in [0, 0.1) is 0 Å². The molecule has 0 radical (unpaired) electrons. The lowest BCUT2D eigenvalue weighted by molar-refractivity contribution is -0.158. The van der Waals surface area contributed by atoms with Crippen molar-refractivity contribution in [3.8, 4) is 0 Å². The molecule has 0 aliphatic heterocycles. The molecule has 0 spiro atoms. The van der Waals surface area contributed by atoms with E-state index in [1.165, 1.54) is 0 Å². The van der Waals surface area contributed by atoms with Gasteiger partial charge in [0.1, 0.15) is 18.3 Å². The van der Waals surface area contributed by atoms with Gasteiger partial charge in [-0.1, -0.05) is 46.3 Å². The third-order valence-corrected chi connectivity index (χ3v) is 5.02. The second kappa shape index (κ2) is 8.77. The van der Waals surface area contributed by atoms with Gasteiger partial charge in [0, 0.05) is 4.47 Å². The quantitative estimate of drug-likeness (QED) is 0.726. The van der Waals surface area contributed by atoms with Crippen LogP contribution in [0.3, 0.4) is 0 Å². The van der Waals surface area contributed by atoms with E-state index in [0.717, 1.165) is 10.0 Å². The van der Waals surface area contributed by atoms with Crippen molar-refractivity contribution >= 4 is 21.9 Å². The number of rotatable bonds is 5. The molecule has 0 amide bonds. The summed E-state index contributed by atoms with van der Waals surface area (Å²) in [5.41, 5.74) is 1.40. The summed E-state index contributed by atoms with van der Waals surface area (Å²) in [5.74, 6) is -0.516. The van der Waals surface area contributed by atoms with Crippen LogP contribution >= 0.6 is 15.9 Å². The summed E-state index contributed by atoms with van der Waals surface area (Å²) in [6.45, 7) is 0.360. The van der Waals surface area contributed by atoms with Gasteiger partial charge in [-0.15, -0.1) is 0 Å². The molecule has 2 N–H and O–H groups in total. The van der Waals surface area contributed by atoms with Gasteiger partial charge in [0.15, 0.2) is 0 Å². The molecule has 1 aliphatic carbocycles.